The van der Waals surface area contributed by atoms with Gasteiger partial charge in [0.15, 0.2) is 5.11 Å². The van der Waals surface area contributed by atoms with Gasteiger partial charge in [0, 0.05) is 24.3 Å². The lowest BCUT2D eigenvalue weighted by atomic mass is 10.1. The molecule has 106 valence electrons. The first kappa shape index (κ1) is 13.6. The Morgan fingerprint density at radius 3 is 2.52 bits per heavy atom. The average Bonchev–Trinajstić information content (AvgIpc) is 2.77. The number of aromatic nitrogens is 2. The molecular formula is C16H16N4S. The van der Waals surface area contributed by atoms with E-state index < -0.39 is 0 Å². The summed E-state index contributed by atoms with van der Waals surface area (Å²) in [6.07, 6.45) is 1.91. The topological polar surface area (TPSA) is 41.9 Å². The lowest BCUT2D eigenvalue weighted by molar-refractivity contribution is 0.756. The highest BCUT2D eigenvalue weighted by Gasteiger charge is 2.06. The smallest absolute Gasteiger partial charge is 0.175 e. The standard InChI is InChI=1S/C16H16N4S/c1-11-15(10-20(2)19-11)18-16(21)17-14-9-5-7-12-6-3-4-8-13(12)14/h3-10H,1-2H3,(H2,17,18,21). The number of aryl methyl sites for hydroxylation is 2. The number of thiocarbonyl (C=S) groups is 1. The number of rotatable bonds is 2. The van der Waals surface area contributed by atoms with Crippen LogP contribution in [0.4, 0.5) is 11.4 Å². The van der Waals surface area contributed by atoms with Crippen LogP contribution in [0, 0.1) is 6.92 Å². The van der Waals surface area contributed by atoms with Gasteiger partial charge in [-0.25, -0.2) is 0 Å². The Labute approximate surface area is 128 Å². The van der Waals surface area contributed by atoms with Crippen molar-refractivity contribution in [1.82, 2.24) is 9.78 Å². The van der Waals surface area contributed by atoms with Gasteiger partial charge in [-0.1, -0.05) is 36.4 Å². The Bertz CT molecular complexity index is 802. The van der Waals surface area contributed by atoms with Crippen LogP contribution >= 0.6 is 12.2 Å². The van der Waals surface area contributed by atoms with Crippen LogP contribution < -0.4 is 10.6 Å². The average molecular weight is 296 g/mol. The first-order valence-corrected chi connectivity index (χ1v) is 7.10. The zero-order chi connectivity index (χ0) is 14.8. The molecule has 1 heterocycles. The molecule has 0 spiro atoms. The number of nitrogens with zero attached hydrogens (tertiary/aromatic N) is 2. The van der Waals surface area contributed by atoms with Gasteiger partial charge in [-0.2, -0.15) is 5.10 Å². The molecule has 2 aromatic carbocycles. The molecule has 5 heteroatoms. The van der Waals surface area contributed by atoms with Crippen molar-refractivity contribution in [2.45, 2.75) is 6.92 Å². The number of fused-ring (bicyclic) bond motifs is 1. The van der Waals surface area contributed by atoms with E-state index in [9.17, 15) is 0 Å². The summed E-state index contributed by atoms with van der Waals surface area (Å²) in [7, 11) is 1.89. The predicted octanol–water partition coefficient (Wildman–Crippen LogP) is 3.69. The molecule has 1 aromatic heterocycles. The number of anilines is 2. The number of nitrogens with one attached hydrogen (secondary N) is 2. The maximum Gasteiger partial charge on any atom is 0.175 e. The maximum atomic E-state index is 5.39. The third-order valence-electron chi connectivity index (χ3n) is 3.30. The third kappa shape index (κ3) is 2.87. The minimum atomic E-state index is 0.558. The van der Waals surface area contributed by atoms with Gasteiger partial charge in [0.2, 0.25) is 0 Å². The van der Waals surface area contributed by atoms with Crippen molar-refractivity contribution in [3.63, 3.8) is 0 Å². The van der Waals surface area contributed by atoms with Gasteiger partial charge in [-0.3, -0.25) is 4.68 Å². The van der Waals surface area contributed by atoms with Crippen molar-refractivity contribution in [2.24, 2.45) is 7.05 Å². The fraction of sp³-hybridized carbons (Fsp3) is 0.125. The third-order valence-corrected chi connectivity index (χ3v) is 3.50. The van der Waals surface area contributed by atoms with Crippen LogP contribution in [0.5, 0.6) is 0 Å². The van der Waals surface area contributed by atoms with E-state index >= 15 is 0 Å². The van der Waals surface area contributed by atoms with Gasteiger partial charge < -0.3 is 10.6 Å². The Morgan fingerprint density at radius 1 is 1.05 bits per heavy atom. The van der Waals surface area contributed by atoms with Crippen LogP contribution in [-0.4, -0.2) is 14.9 Å². The van der Waals surface area contributed by atoms with Crippen LogP contribution in [0.3, 0.4) is 0 Å². The van der Waals surface area contributed by atoms with Crippen LogP contribution in [-0.2, 0) is 7.05 Å². The second-order valence-electron chi connectivity index (χ2n) is 4.91. The van der Waals surface area contributed by atoms with E-state index in [2.05, 4.69) is 33.9 Å². The van der Waals surface area contributed by atoms with Gasteiger partial charge in [0.05, 0.1) is 11.4 Å². The van der Waals surface area contributed by atoms with Gasteiger partial charge in [-0.15, -0.1) is 0 Å². The Hall–Kier alpha value is -2.40. The van der Waals surface area contributed by atoms with Gasteiger partial charge in [0.25, 0.3) is 0 Å². The molecule has 3 aromatic rings. The van der Waals surface area contributed by atoms with Gasteiger partial charge in [0.1, 0.15) is 0 Å². The lowest BCUT2D eigenvalue weighted by Crippen LogP contribution is -2.19. The van der Waals surface area contributed by atoms with Crippen LogP contribution in [0.1, 0.15) is 5.69 Å². The molecule has 3 rings (SSSR count). The lowest BCUT2D eigenvalue weighted by Gasteiger charge is -2.12. The van der Waals surface area contributed by atoms with Crippen LogP contribution in [0.15, 0.2) is 48.7 Å². The fourth-order valence-electron chi connectivity index (χ4n) is 2.33. The van der Waals surface area contributed by atoms with Crippen LogP contribution in [0.2, 0.25) is 0 Å². The van der Waals surface area contributed by atoms with Crippen molar-refractivity contribution < 1.29 is 0 Å². The molecule has 0 saturated heterocycles. The van der Waals surface area contributed by atoms with Crippen LogP contribution in [0.25, 0.3) is 10.8 Å². The van der Waals surface area contributed by atoms with Crippen molar-refractivity contribution in [3.05, 3.63) is 54.4 Å². The summed E-state index contributed by atoms with van der Waals surface area (Å²) in [4.78, 5) is 0. The highest BCUT2D eigenvalue weighted by atomic mass is 32.1. The number of hydrogen-bond donors (Lipinski definition) is 2. The van der Waals surface area contributed by atoms with Crippen molar-refractivity contribution >= 4 is 39.5 Å². The molecule has 0 unspecified atom stereocenters. The second-order valence-corrected chi connectivity index (χ2v) is 5.32. The monoisotopic (exact) mass is 296 g/mol. The second kappa shape index (κ2) is 5.54. The molecule has 4 nitrogen and oxygen atoms in total. The minimum Gasteiger partial charge on any atom is -0.332 e. The predicted molar refractivity (Wildman–Crippen MR) is 91.7 cm³/mol. The molecule has 0 saturated carbocycles. The largest absolute Gasteiger partial charge is 0.332 e. The summed E-state index contributed by atoms with van der Waals surface area (Å²) < 4.78 is 1.76. The quantitative estimate of drug-likeness (QED) is 0.708. The van der Waals surface area contributed by atoms with Crippen molar-refractivity contribution in [2.75, 3.05) is 10.6 Å². The summed E-state index contributed by atoms with van der Waals surface area (Å²) in [6, 6.07) is 14.3. The normalized spacial score (nSPS) is 10.6. The zero-order valence-electron chi connectivity index (χ0n) is 11.9. The van der Waals surface area contributed by atoms with E-state index in [1.807, 2.05) is 44.4 Å². The molecular weight excluding hydrogens is 280 g/mol. The maximum absolute atomic E-state index is 5.39. The Balaban J connectivity index is 1.82. The molecule has 0 atom stereocenters. The zero-order valence-corrected chi connectivity index (χ0v) is 12.7. The highest BCUT2D eigenvalue weighted by molar-refractivity contribution is 7.80. The molecule has 0 radical (unpaired) electrons. The van der Waals surface area contributed by atoms with E-state index in [4.69, 9.17) is 12.2 Å². The summed E-state index contributed by atoms with van der Waals surface area (Å²) in [5.74, 6) is 0. The first-order valence-electron chi connectivity index (χ1n) is 6.69. The number of hydrogen-bond acceptors (Lipinski definition) is 2. The van der Waals surface area contributed by atoms with Gasteiger partial charge >= 0.3 is 0 Å². The summed E-state index contributed by atoms with van der Waals surface area (Å²) in [6.45, 7) is 1.95. The van der Waals surface area contributed by atoms with E-state index in [0.29, 0.717) is 5.11 Å². The van der Waals surface area contributed by atoms with E-state index in [-0.39, 0.29) is 0 Å². The molecule has 0 aliphatic rings. The Morgan fingerprint density at radius 2 is 1.76 bits per heavy atom. The molecule has 0 amide bonds. The SMILES string of the molecule is Cc1nn(C)cc1NC(=S)Nc1cccc2ccccc12. The summed E-state index contributed by atoms with van der Waals surface area (Å²) >= 11 is 5.39. The molecule has 0 aliphatic heterocycles. The van der Waals surface area contributed by atoms with Crippen molar-refractivity contribution in [3.8, 4) is 0 Å². The van der Waals surface area contributed by atoms with Gasteiger partial charge in [-0.05, 0) is 30.6 Å². The highest BCUT2D eigenvalue weighted by Crippen LogP contribution is 2.23. The fourth-order valence-corrected chi connectivity index (χ4v) is 2.55. The van der Waals surface area contributed by atoms with E-state index in [0.717, 1.165) is 22.5 Å². The molecule has 0 bridgehead atoms. The first-order chi connectivity index (χ1) is 10.1. The summed E-state index contributed by atoms with van der Waals surface area (Å²) in [5.41, 5.74) is 2.82. The van der Waals surface area contributed by atoms with E-state index in [1.165, 1.54) is 5.39 Å². The molecule has 0 fully saturated rings. The number of benzene rings is 2. The molecule has 21 heavy (non-hydrogen) atoms. The molecule has 0 aliphatic carbocycles. The summed E-state index contributed by atoms with van der Waals surface area (Å²) in [5, 5.41) is 13.6. The van der Waals surface area contributed by atoms with E-state index in [1.54, 1.807) is 4.68 Å². The molecule has 2 N–H and O–H groups in total. The van der Waals surface area contributed by atoms with Crippen molar-refractivity contribution in [1.29, 1.82) is 0 Å². The Kier molecular flexibility index (Phi) is 3.58. The minimum absolute atomic E-state index is 0.558.